The van der Waals surface area contributed by atoms with Crippen LogP contribution in [0.2, 0.25) is 0 Å². The van der Waals surface area contributed by atoms with Gasteiger partial charge in [-0.15, -0.1) is 5.73 Å². The predicted octanol–water partition coefficient (Wildman–Crippen LogP) is 0.561. The first-order valence-electron chi connectivity index (χ1n) is 6.46. The number of carbonyl (C=O) groups is 2. The molecule has 114 valence electrons. The second kappa shape index (κ2) is 4.86. The van der Waals surface area contributed by atoms with Gasteiger partial charge in [-0.25, -0.2) is 13.2 Å². The van der Waals surface area contributed by atoms with Gasteiger partial charge in [-0.3, -0.25) is 4.79 Å². The van der Waals surface area contributed by atoms with Gasteiger partial charge < -0.3 is 9.64 Å². The summed E-state index contributed by atoms with van der Waals surface area (Å²) in [5.41, 5.74) is 2.73. The monoisotopic (exact) mass is 311 g/mol. The first-order valence-corrected chi connectivity index (χ1v) is 8.01. The zero-order chi connectivity index (χ0) is 16.0. The van der Waals surface area contributed by atoms with E-state index >= 15 is 0 Å². The Morgan fingerprint density at radius 1 is 1.52 bits per heavy atom. The number of fused-ring (bicyclic) bond motifs is 1. The lowest BCUT2D eigenvalue weighted by atomic mass is 9.96. The van der Waals surface area contributed by atoms with Crippen molar-refractivity contribution in [1.29, 1.82) is 0 Å². The van der Waals surface area contributed by atoms with Crippen LogP contribution in [0.1, 0.15) is 20.8 Å². The number of esters is 1. The van der Waals surface area contributed by atoms with Crippen LogP contribution in [0.3, 0.4) is 0 Å². The average molecular weight is 311 g/mol. The number of nitrogens with zero attached hydrogens (tertiary/aromatic N) is 1. The molecule has 0 N–H and O–H groups in total. The number of rotatable bonds is 3. The summed E-state index contributed by atoms with van der Waals surface area (Å²) in [7, 11) is -3.73. The van der Waals surface area contributed by atoms with Gasteiger partial charge in [0.2, 0.25) is 0 Å². The molecule has 0 radical (unpaired) electrons. The molecule has 2 atom stereocenters. The lowest BCUT2D eigenvalue weighted by molar-refractivity contribution is -0.156. The van der Waals surface area contributed by atoms with E-state index in [1.807, 2.05) is 0 Å². The number of amides is 1. The first kappa shape index (κ1) is 15.5. The van der Waals surface area contributed by atoms with Crippen molar-refractivity contribution < 1.29 is 22.7 Å². The van der Waals surface area contributed by atoms with Crippen LogP contribution in [0.15, 0.2) is 30.0 Å². The highest BCUT2D eigenvalue weighted by molar-refractivity contribution is 7.94. The van der Waals surface area contributed by atoms with E-state index in [0.29, 0.717) is 0 Å². The molecule has 2 aliphatic rings. The maximum Gasteiger partial charge on any atom is 0.330 e. The van der Waals surface area contributed by atoms with Crippen LogP contribution in [0, 0.1) is 0 Å². The summed E-state index contributed by atoms with van der Waals surface area (Å²) in [4.78, 5) is 25.3. The fraction of sp³-hybridized carbons (Fsp3) is 0.500. The molecule has 0 aromatic rings. The minimum Gasteiger partial charge on any atom is -0.460 e. The van der Waals surface area contributed by atoms with Gasteiger partial charge >= 0.3 is 5.97 Å². The molecule has 6 nitrogen and oxygen atoms in total. The summed E-state index contributed by atoms with van der Waals surface area (Å²) in [5.74, 6) is -1.23. The first-order chi connectivity index (χ1) is 9.71. The normalized spacial score (nSPS) is 28.2. The van der Waals surface area contributed by atoms with E-state index in [2.05, 4.69) is 12.3 Å². The molecular weight excluding hydrogens is 294 g/mol. The van der Waals surface area contributed by atoms with Gasteiger partial charge in [-0.2, -0.15) is 0 Å². The minimum atomic E-state index is -3.73. The van der Waals surface area contributed by atoms with Gasteiger partial charge in [0.15, 0.2) is 21.3 Å². The Morgan fingerprint density at radius 3 is 2.67 bits per heavy atom. The zero-order valence-corrected chi connectivity index (χ0v) is 12.9. The summed E-state index contributed by atoms with van der Waals surface area (Å²) in [6.45, 7) is 7.90. The Labute approximate surface area is 123 Å². The van der Waals surface area contributed by atoms with Crippen molar-refractivity contribution >= 4 is 21.7 Å². The fourth-order valence-corrected chi connectivity index (χ4v) is 4.76. The summed E-state index contributed by atoms with van der Waals surface area (Å²) < 4.78 is 28.7. The summed E-state index contributed by atoms with van der Waals surface area (Å²) in [6, 6.07) is -1.15. The zero-order valence-electron chi connectivity index (χ0n) is 12.1. The molecule has 0 spiro atoms. The van der Waals surface area contributed by atoms with Crippen molar-refractivity contribution in [2.45, 2.75) is 36.9 Å². The molecule has 0 aromatic carbocycles. The SMILES string of the molecule is C=CCOC(=O)[C@@H]1N2C(=O)C(=C=CC)[C@H]2S(=O)(=O)C1(C)C. The van der Waals surface area contributed by atoms with Crippen molar-refractivity contribution in [3.8, 4) is 0 Å². The number of β-lactam (4-membered cyclic amide) rings is 1. The molecule has 0 saturated carbocycles. The molecule has 2 rings (SSSR count). The average Bonchev–Trinajstić information content (AvgIpc) is 2.55. The Balaban J connectivity index is 2.50. The topological polar surface area (TPSA) is 80.8 Å². The Kier molecular flexibility index (Phi) is 3.59. The maximum absolute atomic E-state index is 12.6. The number of carbonyl (C=O) groups excluding carboxylic acids is 2. The third-order valence-corrected chi connectivity index (χ3v) is 6.54. The largest absolute Gasteiger partial charge is 0.460 e. The highest BCUT2D eigenvalue weighted by Gasteiger charge is 2.70. The highest BCUT2D eigenvalue weighted by Crippen LogP contribution is 2.48. The van der Waals surface area contributed by atoms with E-state index in [1.165, 1.54) is 26.0 Å². The highest BCUT2D eigenvalue weighted by atomic mass is 32.2. The molecular formula is C14H17NO5S. The number of hydrogen-bond donors (Lipinski definition) is 0. The van der Waals surface area contributed by atoms with Crippen LogP contribution < -0.4 is 0 Å². The predicted molar refractivity (Wildman–Crippen MR) is 75.8 cm³/mol. The Hall–Kier alpha value is -1.85. The molecule has 0 unspecified atom stereocenters. The fourth-order valence-electron chi connectivity index (χ4n) is 2.67. The van der Waals surface area contributed by atoms with E-state index in [9.17, 15) is 18.0 Å². The number of sulfone groups is 1. The molecule has 2 saturated heterocycles. The van der Waals surface area contributed by atoms with Gasteiger partial charge in [0.1, 0.15) is 11.4 Å². The van der Waals surface area contributed by atoms with Gasteiger partial charge in [0.25, 0.3) is 5.91 Å². The van der Waals surface area contributed by atoms with Crippen molar-refractivity contribution in [2.75, 3.05) is 6.61 Å². The van der Waals surface area contributed by atoms with E-state index in [0.717, 1.165) is 4.90 Å². The quantitative estimate of drug-likeness (QED) is 0.250. The summed E-state index contributed by atoms with van der Waals surface area (Å²) in [6.07, 6.45) is 2.87. The molecule has 0 aromatic heterocycles. The van der Waals surface area contributed by atoms with Crippen molar-refractivity contribution in [3.63, 3.8) is 0 Å². The van der Waals surface area contributed by atoms with E-state index in [1.54, 1.807) is 6.92 Å². The van der Waals surface area contributed by atoms with Crippen LogP contribution in [0.4, 0.5) is 0 Å². The summed E-state index contributed by atoms with van der Waals surface area (Å²) >= 11 is 0. The molecule has 1 amide bonds. The number of ether oxygens (including phenoxy) is 1. The minimum absolute atomic E-state index is 0.0320. The lowest BCUT2D eigenvalue weighted by Gasteiger charge is -2.37. The van der Waals surface area contributed by atoms with E-state index in [4.69, 9.17) is 4.74 Å². The molecule has 21 heavy (non-hydrogen) atoms. The Morgan fingerprint density at radius 2 is 2.14 bits per heavy atom. The van der Waals surface area contributed by atoms with Gasteiger partial charge in [0.05, 0.1) is 5.57 Å². The maximum atomic E-state index is 12.6. The van der Waals surface area contributed by atoms with E-state index in [-0.39, 0.29) is 12.2 Å². The van der Waals surface area contributed by atoms with Crippen LogP contribution in [-0.4, -0.2) is 48.0 Å². The van der Waals surface area contributed by atoms with Crippen molar-refractivity contribution in [3.05, 3.63) is 30.0 Å². The third-order valence-electron chi connectivity index (χ3n) is 3.79. The standard InChI is InChI=1S/C14H17NO5S/c1-5-7-9-11(16)15-10(13(17)20-8-6-2)14(3,4)21(18,19)12(9)15/h5-6,10,12H,2,8H2,1,3-4H3/t7?,10-,12+/m0/s1. The lowest BCUT2D eigenvalue weighted by Crippen LogP contribution is -2.59. The van der Waals surface area contributed by atoms with Crippen LogP contribution >= 0.6 is 0 Å². The smallest absolute Gasteiger partial charge is 0.330 e. The van der Waals surface area contributed by atoms with Crippen LogP contribution in [0.25, 0.3) is 0 Å². The summed E-state index contributed by atoms with van der Waals surface area (Å²) in [5, 5.41) is -1.11. The Bertz CT molecular complexity index is 682. The van der Waals surface area contributed by atoms with Crippen molar-refractivity contribution in [2.24, 2.45) is 0 Å². The molecule has 2 aliphatic heterocycles. The second-order valence-electron chi connectivity index (χ2n) is 5.38. The van der Waals surface area contributed by atoms with Crippen LogP contribution in [-0.2, 0) is 24.2 Å². The molecule has 0 aliphatic carbocycles. The molecule has 2 fully saturated rings. The van der Waals surface area contributed by atoms with Gasteiger partial charge in [0, 0.05) is 0 Å². The second-order valence-corrected chi connectivity index (χ2v) is 7.97. The van der Waals surface area contributed by atoms with E-state index < -0.39 is 37.9 Å². The van der Waals surface area contributed by atoms with Gasteiger partial charge in [-0.05, 0) is 26.8 Å². The third kappa shape index (κ3) is 1.88. The van der Waals surface area contributed by atoms with Crippen LogP contribution in [0.5, 0.6) is 0 Å². The molecule has 2 heterocycles. The van der Waals surface area contributed by atoms with Crippen molar-refractivity contribution in [1.82, 2.24) is 4.90 Å². The molecule has 0 bridgehead atoms. The molecule has 7 heteroatoms. The van der Waals surface area contributed by atoms with Gasteiger partial charge in [-0.1, -0.05) is 12.7 Å². The number of hydrogen-bond acceptors (Lipinski definition) is 5.